The van der Waals surface area contributed by atoms with Gasteiger partial charge >= 0.3 is 0 Å². The molecule has 0 radical (unpaired) electrons. The number of benzene rings is 2. The lowest BCUT2D eigenvalue weighted by Crippen LogP contribution is -2.20. The van der Waals surface area contributed by atoms with Crippen molar-refractivity contribution in [2.24, 2.45) is 0 Å². The van der Waals surface area contributed by atoms with E-state index in [1.807, 2.05) is 7.05 Å². The van der Waals surface area contributed by atoms with E-state index in [0.717, 1.165) is 10.2 Å². The summed E-state index contributed by atoms with van der Waals surface area (Å²) >= 11 is 3.62. The van der Waals surface area contributed by atoms with Crippen molar-refractivity contribution in [3.05, 3.63) is 62.6 Å². The van der Waals surface area contributed by atoms with Gasteiger partial charge in [-0.1, -0.05) is 34.1 Å². The van der Waals surface area contributed by atoms with Gasteiger partial charge in [-0.05, 0) is 62.2 Å². The molecular weight excluding hydrogens is 326 g/mol. The highest BCUT2D eigenvalue weighted by molar-refractivity contribution is 9.10. The van der Waals surface area contributed by atoms with E-state index >= 15 is 0 Å². The van der Waals surface area contributed by atoms with E-state index in [2.05, 4.69) is 72.3 Å². The van der Waals surface area contributed by atoms with E-state index in [0.29, 0.717) is 0 Å². The van der Waals surface area contributed by atoms with Crippen LogP contribution in [0.2, 0.25) is 0 Å². The second-order valence-corrected chi connectivity index (χ2v) is 6.23. The van der Waals surface area contributed by atoms with E-state index in [-0.39, 0.29) is 6.04 Å². The smallest absolute Gasteiger partial charge is 0.124 e. The van der Waals surface area contributed by atoms with Gasteiger partial charge in [-0.25, -0.2) is 0 Å². The second-order valence-electron chi connectivity index (χ2n) is 5.37. The zero-order chi connectivity index (χ0) is 15.6. The summed E-state index contributed by atoms with van der Waals surface area (Å²) in [5, 5.41) is 3.44. The Hall–Kier alpha value is -1.32. The van der Waals surface area contributed by atoms with Crippen molar-refractivity contribution in [2.45, 2.75) is 26.8 Å². The maximum atomic E-state index is 5.63. The number of hydrogen-bond donors (Lipinski definition) is 1. The summed E-state index contributed by atoms with van der Waals surface area (Å²) in [6.07, 6.45) is 0. The quantitative estimate of drug-likeness (QED) is 0.865. The van der Waals surface area contributed by atoms with Crippen LogP contribution in [-0.4, -0.2) is 14.2 Å². The van der Waals surface area contributed by atoms with Crippen molar-refractivity contribution in [2.75, 3.05) is 14.2 Å². The summed E-state index contributed by atoms with van der Waals surface area (Å²) in [4.78, 5) is 0. The molecule has 0 aromatic heterocycles. The minimum absolute atomic E-state index is 0.109. The molecule has 0 spiro atoms. The predicted molar refractivity (Wildman–Crippen MR) is 92.2 cm³/mol. The Bertz CT molecular complexity index is 652. The molecule has 0 aliphatic rings. The first-order chi connectivity index (χ1) is 9.99. The standard InChI is InChI=1S/C18H22BrNO/c1-11-9-12(2)17(16(10-11)21-5)18(20-4)14-7-6-8-15(19)13(14)3/h6-10,18,20H,1-5H3. The Morgan fingerprint density at radius 1 is 1.14 bits per heavy atom. The van der Waals surface area contributed by atoms with Gasteiger partial charge in [-0.15, -0.1) is 0 Å². The lowest BCUT2D eigenvalue weighted by atomic mass is 9.90. The maximum absolute atomic E-state index is 5.63. The molecule has 0 amide bonds. The van der Waals surface area contributed by atoms with Gasteiger partial charge in [0.2, 0.25) is 0 Å². The summed E-state index contributed by atoms with van der Waals surface area (Å²) in [5.74, 6) is 0.936. The van der Waals surface area contributed by atoms with Gasteiger partial charge in [0, 0.05) is 10.0 Å². The van der Waals surface area contributed by atoms with Crippen LogP contribution in [0.5, 0.6) is 5.75 Å². The van der Waals surface area contributed by atoms with Crippen molar-refractivity contribution in [1.29, 1.82) is 0 Å². The van der Waals surface area contributed by atoms with Gasteiger partial charge < -0.3 is 10.1 Å². The fourth-order valence-corrected chi connectivity index (χ4v) is 3.25. The lowest BCUT2D eigenvalue weighted by molar-refractivity contribution is 0.404. The molecule has 1 N–H and O–H groups in total. The molecule has 1 unspecified atom stereocenters. The molecule has 2 rings (SSSR count). The van der Waals surface area contributed by atoms with Gasteiger partial charge in [-0.3, -0.25) is 0 Å². The molecule has 0 aliphatic carbocycles. The van der Waals surface area contributed by atoms with Crippen LogP contribution in [0.15, 0.2) is 34.8 Å². The van der Waals surface area contributed by atoms with Gasteiger partial charge in [0.1, 0.15) is 5.75 Å². The van der Waals surface area contributed by atoms with Crippen LogP contribution in [0, 0.1) is 20.8 Å². The number of halogens is 1. The van der Waals surface area contributed by atoms with Crippen molar-refractivity contribution >= 4 is 15.9 Å². The van der Waals surface area contributed by atoms with Gasteiger partial charge in [0.25, 0.3) is 0 Å². The Morgan fingerprint density at radius 3 is 2.48 bits per heavy atom. The van der Waals surface area contributed by atoms with Crippen LogP contribution in [0.3, 0.4) is 0 Å². The minimum Gasteiger partial charge on any atom is -0.496 e. The van der Waals surface area contributed by atoms with E-state index in [1.54, 1.807) is 7.11 Å². The third kappa shape index (κ3) is 3.14. The summed E-state index contributed by atoms with van der Waals surface area (Å²) in [7, 11) is 3.72. The minimum atomic E-state index is 0.109. The molecule has 3 heteroatoms. The summed E-state index contributed by atoms with van der Waals surface area (Å²) < 4.78 is 6.76. The van der Waals surface area contributed by atoms with Crippen LogP contribution in [-0.2, 0) is 0 Å². The first-order valence-corrected chi connectivity index (χ1v) is 7.86. The summed E-state index contributed by atoms with van der Waals surface area (Å²) in [6, 6.07) is 10.7. The molecule has 2 nitrogen and oxygen atoms in total. The molecule has 0 heterocycles. The monoisotopic (exact) mass is 347 g/mol. The van der Waals surface area contributed by atoms with Gasteiger partial charge in [-0.2, -0.15) is 0 Å². The molecule has 0 aliphatic heterocycles. The van der Waals surface area contributed by atoms with E-state index in [4.69, 9.17) is 4.74 Å². The number of methoxy groups -OCH3 is 1. The normalized spacial score (nSPS) is 12.3. The fraction of sp³-hybridized carbons (Fsp3) is 0.333. The zero-order valence-corrected chi connectivity index (χ0v) is 14.8. The van der Waals surface area contributed by atoms with Crippen molar-refractivity contribution < 1.29 is 4.74 Å². The third-order valence-electron chi connectivity index (χ3n) is 3.91. The summed E-state index contributed by atoms with van der Waals surface area (Å²) in [6.45, 7) is 6.38. The number of rotatable bonds is 4. The molecule has 2 aromatic carbocycles. The molecule has 1 atom stereocenters. The molecule has 0 bridgehead atoms. The van der Waals surface area contributed by atoms with Crippen LogP contribution in [0.25, 0.3) is 0 Å². The SMILES string of the molecule is CNC(c1cccc(Br)c1C)c1c(C)cc(C)cc1OC. The predicted octanol–water partition coefficient (Wildman–Crippen LogP) is 4.69. The van der Waals surface area contributed by atoms with Gasteiger partial charge in [0.15, 0.2) is 0 Å². The average molecular weight is 348 g/mol. The number of aryl methyl sites for hydroxylation is 2. The number of nitrogens with one attached hydrogen (secondary N) is 1. The van der Waals surface area contributed by atoms with Crippen molar-refractivity contribution in [1.82, 2.24) is 5.32 Å². The van der Waals surface area contributed by atoms with Gasteiger partial charge in [0.05, 0.1) is 13.2 Å². The topological polar surface area (TPSA) is 21.3 Å². The first-order valence-electron chi connectivity index (χ1n) is 7.07. The van der Waals surface area contributed by atoms with Crippen LogP contribution >= 0.6 is 15.9 Å². The maximum Gasteiger partial charge on any atom is 0.124 e. The van der Waals surface area contributed by atoms with Crippen molar-refractivity contribution in [3.63, 3.8) is 0 Å². The average Bonchev–Trinajstić information content (AvgIpc) is 2.45. The Kier molecular flexibility index (Phi) is 5.07. The van der Waals surface area contributed by atoms with E-state index < -0.39 is 0 Å². The fourth-order valence-electron chi connectivity index (χ4n) is 2.87. The Labute approximate surface area is 135 Å². The Balaban J connectivity index is 2.64. The van der Waals surface area contributed by atoms with Crippen LogP contribution in [0.4, 0.5) is 0 Å². The second kappa shape index (κ2) is 6.63. The van der Waals surface area contributed by atoms with Crippen LogP contribution < -0.4 is 10.1 Å². The molecule has 0 saturated heterocycles. The highest BCUT2D eigenvalue weighted by atomic mass is 79.9. The third-order valence-corrected chi connectivity index (χ3v) is 4.77. The molecule has 2 aromatic rings. The lowest BCUT2D eigenvalue weighted by Gasteiger charge is -2.24. The molecule has 0 fully saturated rings. The number of ether oxygens (including phenoxy) is 1. The summed E-state index contributed by atoms with van der Waals surface area (Å²) in [5.41, 5.74) is 6.17. The van der Waals surface area contributed by atoms with E-state index in [9.17, 15) is 0 Å². The highest BCUT2D eigenvalue weighted by Crippen LogP contribution is 2.36. The Morgan fingerprint density at radius 2 is 1.86 bits per heavy atom. The zero-order valence-electron chi connectivity index (χ0n) is 13.3. The van der Waals surface area contributed by atoms with Crippen LogP contribution in [0.1, 0.15) is 33.9 Å². The molecule has 0 saturated carbocycles. The first kappa shape index (κ1) is 16.1. The molecule has 112 valence electrons. The van der Waals surface area contributed by atoms with Crippen molar-refractivity contribution in [3.8, 4) is 5.75 Å². The number of hydrogen-bond acceptors (Lipinski definition) is 2. The highest BCUT2D eigenvalue weighted by Gasteiger charge is 2.21. The molecular formula is C18H22BrNO. The largest absolute Gasteiger partial charge is 0.496 e. The molecule has 21 heavy (non-hydrogen) atoms. The van der Waals surface area contributed by atoms with E-state index in [1.165, 1.54) is 27.8 Å².